The molecule has 0 radical (unpaired) electrons. The van der Waals surface area contributed by atoms with E-state index < -0.39 is 5.60 Å². The van der Waals surface area contributed by atoms with Crippen molar-refractivity contribution in [2.24, 2.45) is 5.92 Å². The quantitative estimate of drug-likeness (QED) is 0.454. The van der Waals surface area contributed by atoms with Gasteiger partial charge in [0.25, 0.3) is 0 Å². The largest absolute Gasteiger partial charge is 0.480 e. The highest BCUT2D eigenvalue weighted by Crippen LogP contribution is 2.35. The fourth-order valence-corrected chi connectivity index (χ4v) is 3.23. The number of hydrogen-bond acceptors (Lipinski definition) is 4. The minimum atomic E-state index is -0.851. The lowest BCUT2D eigenvalue weighted by Gasteiger charge is -2.35. The van der Waals surface area contributed by atoms with E-state index in [-0.39, 0.29) is 11.9 Å². The Morgan fingerprint density at radius 1 is 0.923 bits per heavy atom. The van der Waals surface area contributed by atoms with Crippen LogP contribution in [0, 0.1) is 19.8 Å². The van der Waals surface area contributed by atoms with Crippen LogP contribution in [0.5, 0.6) is 11.5 Å². The molecule has 1 aliphatic carbocycles. The van der Waals surface area contributed by atoms with Crippen LogP contribution < -0.4 is 9.47 Å². The molecule has 0 aliphatic heterocycles. The monoisotopic (exact) mass is 352 g/mol. The molecule has 0 unspecified atom stereocenters. The molecular formula is C22H24O4. The van der Waals surface area contributed by atoms with Gasteiger partial charge < -0.3 is 9.47 Å². The van der Waals surface area contributed by atoms with Gasteiger partial charge in [-0.1, -0.05) is 35.4 Å². The van der Waals surface area contributed by atoms with E-state index in [9.17, 15) is 9.59 Å². The van der Waals surface area contributed by atoms with Crippen molar-refractivity contribution in [2.75, 3.05) is 0 Å². The zero-order valence-corrected chi connectivity index (χ0v) is 15.2. The van der Waals surface area contributed by atoms with Gasteiger partial charge in [-0.25, -0.2) is 0 Å². The second kappa shape index (κ2) is 7.73. The molecular weight excluding hydrogens is 328 g/mol. The van der Waals surface area contributed by atoms with Crippen molar-refractivity contribution in [1.29, 1.82) is 0 Å². The first-order valence-corrected chi connectivity index (χ1v) is 9.00. The van der Waals surface area contributed by atoms with Gasteiger partial charge in [0.05, 0.1) is 5.92 Å². The summed E-state index contributed by atoms with van der Waals surface area (Å²) in [4.78, 5) is 24.1. The van der Waals surface area contributed by atoms with Gasteiger partial charge in [0.2, 0.25) is 0 Å². The number of hydrogen-bond donors (Lipinski definition) is 0. The summed E-state index contributed by atoms with van der Waals surface area (Å²) in [6, 6.07) is 15.1. The van der Waals surface area contributed by atoms with E-state index in [1.54, 1.807) is 12.1 Å². The van der Waals surface area contributed by atoms with Crippen molar-refractivity contribution in [2.45, 2.75) is 45.1 Å². The Balaban J connectivity index is 1.59. The molecule has 1 saturated carbocycles. The number of esters is 1. The van der Waals surface area contributed by atoms with Crippen LogP contribution in [-0.2, 0) is 9.59 Å². The van der Waals surface area contributed by atoms with Crippen molar-refractivity contribution in [1.82, 2.24) is 0 Å². The molecule has 0 bridgehead atoms. The topological polar surface area (TPSA) is 52.6 Å². The molecule has 0 atom stereocenters. The number of ether oxygens (including phenoxy) is 2. The maximum Gasteiger partial charge on any atom is 0.314 e. The molecule has 0 spiro atoms. The normalized spacial score (nSPS) is 22.5. The third-order valence-corrected chi connectivity index (χ3v) is 4.96. The van der Waals surface area contributed by atoms with Gasteiger partial charge in [-0.2, -0.15) is 0 Å². The molecule has 0 amide bonds. The van der Waals surface area contributed by atoms with Crippen molar-refractivity contribution in [3.63, 3.8) is 0 Å². The molecule has 0 N–H and O–H groups in total. The predicted molar refractivity (Wildman–Crippen MR) is 99.4 cm³/mol. The molecule has 2 aromatic carbocycles. The SMILES string of the molecule is Cc1ccc(OC(=O)[C@H]2CC[C@](C=O)(Oc3ccc(C)cc3)CC2)cc1. The minimum Gasteiger partial charge on any atom is -0.480 e. The number of aldehydes is 1. The maximum atomic E-state index is 12.4. The molecule has 136 valence electrons. The van der Waals surface area contributed by atoms with Crippen LogP contribution >= 0.6 is 0 Å². The highest BCUT2D eigenvalue weighted by atomic mass is 16.5. The first-order valence-electron chi connectivity index (χ1n) is 9.00. The van der Waals surface area contributed by atoms with E-state index in [0.717, 1.165) is 17.4 Å². The van der Waals surface area contributed by atoms with E-state index in [4.69, 9.17) is 9.47 Å². The van der Waals surface area contributed by atoms with Crippen LogP contribution in [0.1, 0.15) is 36.8 Å². The van der Waals surface area contributed by atoms with Crippen LogP contribution in [-0.4, -0.2) is 17.9 Å². The number of rotatable bonds is 5. The van der Waals surface area contributed by atoms with E-state index in [2.05, 4.69) is 0 Å². The van der Waals surface area contributed by atoms with Crippen molar-refractivity contribution in [3.05, 3.63) is 59.7 Å². The predicted octanol–water partition coefficient (Wildman–Crippen LogP) is 4.42. The molecule has 0 heterocycles. The Labute approximate surface area is 154 Å². The molecule has 2 aromatic rings. The number of aryl methyl sites for hydroxylation is 2. The molecule has 1 aliphatic rings. The van der Waals surface area contributed by atoms with Gasteiger partial charge in [-0.15, -0.1) is 0 Å². The second-order valence-electron chi connectivity index (χ2n) is 7.11. The van der Waals surface area contributed by atoms with Gasteiger partial charge in [-0.05, 0) is 63.8 Å². The van der Waals surface area contributed by atoms with Crippen LogP contribution in [0.2, 0.25) is 0 Å². The summed E-state index contributed by atoms with van der Waals surface area (Å²) in [6.45, 7) is 3.99. The third-order valence-electron chi connectivity index (χ3n) is 4.96. The fraction of sp³-hybridized carbons (Fsp3) is 0.364. The fourth-order valence-electron chi connectivity index (χ4n) is 3.23. The number of carbonyl (C=O) groups excluding carboxylic acids is 2. The zero-order chi connectivity index (χ0) is 18.6. The summed E-state index contributed by atoms with van der Waals surface area (Å²) in [6.07, 6.45) is 3.06. The standard InChI is InChI=1S/C22H24O4/c1-16-3-7-19(8-4-16)25-21(24)18-11-13-22(15-23,14-12-18)26-20-9-5-17(2)6-10-20/h3-10,15,18H,11-14H2,1-2H3/t18-,22-. The van der Waals surface area contributed by atoms with Crippen LogP contribution in [0.25, 0.3) is 0 Å². The average molecular weight is 352 g/mol. The summed E-state index contributed by atoms with van der Waals surface area (Å²) in [5.74, 6) is 0.807. The molecule has 0 aromatic heterocycles. The molecule has 0 saturated heterocycles. The summed E-state index contributed by atoms with van der Waals surface area (Å²) >= 11 is 0. The average Bonchev–Trinajstić information content (AvgIpc) is 2.66. The Hall–Kier alpha value is -2.62. The van der Waals surface area contributed by atoms with Crippen LogP contribution in [0.3, 0.4) is 0 Å². The van der Waals surface area contributed by atoms with Crippen LogP contribution in [0.4, 0.5) is 0 Å². The summed E-state index contributed by atoms with van der Waals surface area (Å²) in [5.41, 5.74) is 1.40. The zero-order valence-electron chi connectivity index (χ0n) is 15.2. The van der Waals surface area contributed by atoms with E-state index in [1.165, 1.54) is 0 Å². The summed E-state index contributed by atoms with van der Waals surface area (Å²) in [7, 11) is 0. The van der Waals surface area contributed by atoms with Gasteiger partial charge >= 0.3 is 5.97 Å². The molecule has 4 heteroatoms. The van der Waals surface area contributed by atoms with E-state index >= 15 is 0 Å². The maximum absolute atomic E-state index is 12.4. The highest BCUT2D eigenvalue weighted by molar-refractivity contribution is 5.76. The van der Waals surface area contributed by atoms with Gasteiger partial charge in [0, 0.05) is 0 Å². The van der Waals surface area contributed by atoms with Crippen molar-refractivity contribution >= 4 is 12.3 Å². The first kappa shape index (κ1) is 18.2. The summed E-state index contributed by atoms with van der Waals surface area (Å²) < 4.78 is 11.5. The number of carbonyl (C=O) groups is 2. The van der Waals surface area contributed by atoms with Gasteiger partial charge in [0.15, 0.2) is 11.9 Å². The van der Waals surface area contributed by atoms with Gasteiger partial charge in [0.1, 0.15) is 11.5 Å². The Morgan fingerprint density at radius 3 is 1.92 bits per heavy atom. The smallest absolute Gasteiger partial charge is 0.314 e. The van der Waals surface area contributed by atoms with Gasteiger partial charge in [-0.3, -0.25) is 9.59 Å². The number of benzene rings is 2. The van der Waals surface area contributed by atoms with E-state index in [1.807, 2.05) is 50.2 Å². The minimum absolute atomic E-state index is 0.203. The lowest BCUT2D eigenvalue weighted by Crippen LogP contribution is -2.43. The Kier molecular flexibility index (Phi) is 5.40. The second-order valence-corrected chi connectivity index (χ2v) is 7.11. The molecule has 4 nitrogen and oxygen atoms in total. The lowest BCUT2D eigenvalue weighted by atomic mass is 9.79. The highest BCUT2D eigenvalue weighted by Gasteiger charge is 2.40. The first-order chi connectivity index (χ1) is 12.5. The lowest BCUT2D eigenvalue weighted by molar-refractivity contribution is -0.143. The summed E-state index contributed by atoms with van der Waals surface area (Å²) in [5, 5.41) is 0. The van der Waals surface area contributed by atoms with E-state index in [0.29, 0.717) is 37.2 Å². The molecule has 26 heavy (non-hydrogen) atoms. The van der Waals surface area contributed by atoms with Crippen molar-refractivity contribution < 1.29 is 19.1 Å². The Morgan fingerprint density at radius 2 is 1.42 bits per heavy atom. The van der Waals surface area contributed by atoms with Crippen molar-refractivity contribution in [3.8, 4) is 11.5 Å². The third kappa shape index (κ3) is 4.31. The van der Waals surface area contributed by atoms with Crippen LogP contribution in [0.15, 0.2) is 48.5 Å². The Bertz CT molecular complexity index is 754. The molecule has 1 fully saturated rings. The molecule has 3 rings (SSSR count).